The molecule has 1 heterocycles. The van der Waals surface area contributed by atoms with E-state index in [1.165, 1.54) is 18.5 Å². The average molecular weight is 290 g/mol. The summed E-state index contributed by atoms with van der Waals surface area (Å²) in [5.74, 6) is -2.00. The summed E-state index contributed by atoms with van der Waals surface area (Å²) in [4.78, 5) is 19.5. The average Bonchev–Trinajstić information content (AvgIpc) is 2.49. The van der Waals surface area contributed by atoms with E-state index in [9.17, 15) is 13.6 Å². The maximum atomic E-state index is 13.1. The smallest absolute Gasteiger partial charge is 0.270 e. The maximum absolute atomic E-state index is 13.1. The van der Waals surface area contributed by atoms with Crippen LogP contribution in [0.25, 0.3) is 0 Å². The second-order valence-corrected chi connectivity index (χ2v) is 4.04. The Morgan fingerprint density at radius 2 is 2.05 bits per heavy atom. The van der Waals surface area contributed by atoms with E-state index < -0.39 is 11.6 Å². The number of amides is 1. The molecule has 0 bridgehead atoms. The minimum absolute atomic E-state index is 0.150. The van der Waals surface area contributed by atoms with Gasteiger partial charge >= 0.3 is 0 Å². The standard InChI is InChI=1S/C14H12F2N4O/c1-2-5-17-14(21)12-7-13(19-8-18-12)20-9-3-4-10(15)11(16)6-9/h2-4,6-8H,1,5H2,(H,17,21)(H,18,19,20). The number of rotatable bonds is 5. The van der Waals surface area contributed by atoms with Gasteiger partial charge in [0.05, 0.1) is 0 Å². The molecule has 1 aromatic carbocycles. The number of halogens is 2. The number of nitrogens with one attached hydrogen (secondary N) is 2. The van der Waals surface area contributed by atoms with E-state index in [0.29, 0.717) is 18.1 Å². The van der Waals surface area contributed by atoms with Gasteiger partial charge in [0.1, 0.15) is 17.8 Å². The van der Waals surface area contributed by atoms with Crippen molar-refractivity contribution in [3.05, 3.63) is 60.6 Å². The summed E-state index contributed by atoms with van der Waals surface area (Å²) >= 11 is 0. The Labute approximate surface area is 119 Å². The van der Waals surface area contributed by atoms with Crippen molar-refractivity contribution in [2.24, 2.45) is 0 Å². The van der Waals surface area contributed by atoms with Gasteiger partial charge in [-0.1, -0.05) is 6.08 Å². The summed E-state index contributed by atoms with van der Waals surface area (Å²) in [5.41, 5.74) is 0.460. The van der Waals surface area contributed by atoms with E-state index in [1.807, 2.05) is 0 Å². The number of aromatic nitrogens is 2. The van der Waals surface area contributed by atoms with Crippen molar-refractivity contribution >= 4 is 17.4 Å². The number of anilines is 2. The predicted octanol–water partition coefficient (Wildman–Crippen LogP) is 2.41. The second-order valence-electron chi connectivity index (χ2n) is 4.04. The highest BCUT2D eigenvalue weighted by Crippen LogP contribution is 2.17. The number of nitrogens with zero attached hydrogens (tertiary/aromatic N) is 2. The van der Waals surface area contributed by atoms with Crippen molar-refractivity contribution in [3.63, 3.8) is 0 Å². The van der Waals surface area contributed by atoms with Crippen LogP contribution in [0.5, 0.6) is 0 Å². The number of hydrogen-bond acceptors (Lipinski definition) is 4. The summed E-state index contributed by atoms with van der Waals surface area (Å²) in [7, 11) is 0. The molecule has 0 saturated heterocycles. The van der Waals surface area contributed by atoms with Gasteiger partial charge in [-0.05, 0) is 12.1 Å². The first-order chi connectivity index (χ1) is 10.1. The van der Waals surface area contributed by atoms with E-state index in [-0.39, 0.29) is 11.6 Å². The molecule has 0 radical (unpaired) electrons. The van der Waals surface area contributed by atoms with Crippen LogP contribution in [0, 0.1) is 11.6 Å². The van der Waals surface area contributed by atoms with Crippen LogP contribution < -0.4 is 10.6 Å². The van der Waals surface area contributed by atoms with Gasteiger partial charge in [0.15, 0.2) is 11.6 Å². The Morgan fingerprint density at radius 3 is 2.76 bits per heavy atom. The zero-order chi connectivity index (χ0) is 15.2. The van der Waals surface area contributed by atoms with Crippen LogP contribution in [-0.4, -0.2) is 22.4 Å². The maximum Gasteiger partial charge on any atom is 0.270 e. The lowest BCUT2D eigenvalue weighted by Gasteiger charge is -2.07. The van der Waals surface area contributed by atoms with E-state index in [4.69, 9.17) is 0 Å². The van der Waals surface area contributed by atoms with E-state index in [1.54, 1.807) is 6.08 Å². The summed E-state index contributed by atoms with van der Waals surface area (Å²) in [6, 6.07) is 4.75. The predicted molar refractivity (Wildman–Crippen MR) is 74.2 cm³/mol. The van der Waals surface area contributed by atoms with Gasteiger partial charge in [0.2, 0.25) is 0 Å². The first-order valence-corrected chi connectivity index (χ1v) is 6.03. The van der Waals surface area contributed by atoms with Crippen LogP contribution in [0.4, 0.5) is 20.3 Å². The van der Waals surface area contributed by atoms with Crippen LogP contribution in [-0.2, 0) is 0 Å². The topological polar surface area (TPSA) is 66.9 Å². The monoisotopic (exact) mass is 290 g/mol. The van der Waals surface area contributed by atoms with Crippen molar-refractivity contribution in [2.75, 3.05) is 11.9 Å². The summed E-state index contributed by atoms with van der Waals surface area (Å²) in [5, 5.41) is 5.34. The molecule has 0 aliphatic heterocycles. The molecule has 0 aliphatic carbocycles. The highest BCUT2D eigenvalue weighted by molar-refractivity contribution is 5.93. The van der Waals surface area contributed by atoms with E-state index in [2.05, 4.69) is 27.2 Å². The van der Waals surface area contributed by atoms with Crippen LogP contribution in [0.1, 0.15) is 10.5 Å². The van der Waals surface area contributed by atoms with Gasteiger partial charge in [0, 0.05) is 24.4 Å². The van der Waals surface area contributed by atoms with Crippen molar-refractivity contribution < 1.29 is 13.6 Å². The number of benzene rings is 1. The second kappa shape index (κ2) is 6.56. The molecule has 0 fully saturated rings. The zero-order valence-corrected chi connectivity index (χ0v) is 10.9. The summed E-state index contributed by atoms with van der Waals surface area (Å²) in [6.07, 6.45) is 2.74. The van der Waals surface area contributed by atoms with Gasteiger partial charge in [-0.15, -0.1) is 6.58 Å². The Kier molecular flexibility index (Phi) is 4.55. The molecule has 0 spiro atoms. The van der Waals surface area contributed by atoms with E-state index in [0.717, 1.165) is 12.1 Å². The lowest BCUT2D eigenvalue weighted by molar-refractivity contribution is 0.0953. The molecule has 5 nitrogen and oxygen atoms in total. The number of carbonyl (C=O) groups is 1. The quantitative estimate of drug-likeness (QED) is 0.830. The normalized spacial score (nSPS) is 10.0. The highest BCUT2D eigenvalue weighted by Gasteiger charge is 2.08. The Morgan fingerprint density at radius 1 is 1.24 bits per heavy atom. The van der Waals surface area contributed by atoms with Crippen LogP contribution >= 0.6 is 0 Å². The molecule has 0 aliphatic rings. The molecule has 1 aromatic heterocycles. The van der Waals surface area contributed by atoms with Crippen LogP contribution in [0.3, 0.4) is 0 Å². The zero-order valence-electron chi connectivity index (χ0n) is 10.9. The van der Waals surface area contributed by atoms with Gasteiger partial charge in [-0.25, -0.2) is 18.7 Å². The molecule has 108 valence electrons. The first-order valence-electron chi connectivity index (χ1n) is 6.03. The number of hydrogen-bond donors (Lipinski definition) is 2. The molecule has 2 aromatic rings. The van der Waals surface area contributed by atoms with Crippen molar-refractivity contribution in [1.82, 2.24) is 15.3 Å². The largest absolute Gasteiger partial charge is 0.347 e. The minimum Gasteiger partial charge on any atom is -0.347 e. The van der Waals surface area contributed by atoms with Gasteiger partial charge in [-0.3, -0.25) is 4.79 Å². The van der Waals surface area contributed by atoms with Gasteiger partial charge in [0.25, 0.3) is 5.91 Å². The third-order valence-electron chi connectivity index (χ3n) is 2.50. The molecule has 1 amide bonds. The Bertz CT molecular complexity index is 676. The highest BCUT2D eigenvalue weighted by atomic mass is 19.2. The third-order valence-corrected chi connectivity index (χ3v) is 2.50. The fourth-order valence-electron chi connectivity index (χ4n) is 1.53. The lowest BCUT2D eigenvalue weighted by Crippen LogP contribution is -2.24. The van der Waals surface area contributed by atoms with Crippen LogP contribution in [0.2, 0.25) is 0 Å². The molecule has 2 rings (SSSR count). The van der Waals surface area contributed by atoms with Crippen molar-refractivity contribution in [3.8, 4) is 0 Å². The van der Waals surface area contributed by atoms with Crippen LogP contribution in [0.15, 0.2) is 43.2 Å². The molecule has 0 saturated carbocycles. The Hall–Kier alpha value is -2.83. The lowest BCUT2D eigenvalue weighted by atomic mass is 10.3. The summed E-state index contributed by atoms with van der Waals surface area (Å²) in [6.45, 7) is 3.80. The molecular formula is C14H12F2N4O. The molecule has 2 N–H and O–H groups in total. The molecule has 0 atom stereocenters. The number of carbonyl (C=O) groups excluding carboxylic acids is 1. The molecule has 7 heteroatoms. The minimum atomic E-state index is -0.974. The van der Waals surface area contributed by atoms with Gasteiger partial charge < -0.3 is 10.6 Å². The van der Waals surface area contributed by atoms with Crippen molar-refractivity contribution in [2.45, 2.75) is 0 Å². The fraction of sp³-hybridized carbons (Fsp3) is 0.0714. The van der Waals surface area contributed by atoms with Crippen molar-refractivity contribution in [1.29, 1.82) is 0 Å². The third kappa shape index (κ3) is 3.82. The molecular weight excluding hydrogens is 278 g/mol. The molecule has 21 heavy (non-hydrogen) atoms. The Balaban J connectivity index is 2.15. The fourth-order valence-corrected chi connectivity index (χ4v) is 1.53. The first kappa shape index (κ1) is 14.6. The SMILES string of the molecule is C=CCNC(=O)c1cc(Nc2ccc(F)c(F)c2)ncn1. The van der Waals surface area contributed by atoms with Gasteiger partial charge in [-0.2, -0.15) is 0 Å². The molecule has 0 unspecified atom stereocenters. The van der Waals surface area contributed by atoms with E-state index >= 15 is 0 Å². The summed E-state index contributed by atoms with van der Waals surface area (Å²) < 4.78 is 25.9.